The minimum Gasteiger partial charge on any atom is -0.496 e. The van der Waals surface area contributed by atoms with E-state index >= 15 is 0 Å². The molecule has 0 bridgehead atoms. The van der Waals surface area contributed by atoms with E-state index in [1.165, 1.54) is 37.4 Å². The number of carbonyl (C=O) groups excluding carboxylic acids is 1. The molecule has 0 unspecified atom stereocenters. The minimum atomic E-state index is -4.68. The van der Waals surface area contributed by atoms with Gasteiger partial charge in [0.15, 0.2) is 0 Å². The summed E-state index contributed by atoms with van der Waals surface area (Å²) in [6.45, 7) is 0.966. The number of benzene rings is 3. The molecule has 3 aromatic rings. The van der Waals surface area contributed by atoms with E-state index in [4.69, 9.17) is 4.74 Å². The number of rotatable bonds is 8. The van der Waals surface area contributed by atoms with Crippen molar-refractivity contribution in [3.8, 4) is 5.75 Å². The summed E-state index contributed by atoms with van der Waals surface area (Å²) in [7, 11) is -2.86. The first-order valence-corrected chi connectivity index (χ1v) is 11.7. The molecule has 0 aliphatic heterocycles. The molecule has 10 heteroatoms. The number of nitrogens with zero attached hydrogens (tertiary/aromatic N) is 1. The highest BCUT2D eigenvalue weighted by atomic mass is 32.2. The van der Waals surface area contributed by atoms with Crippen LogP contribution in [0.4, 0.5) is 18.9 Å². The number of alkyl halides is 3. The number of ether oxygens (including phenoxy) is 1. The molecule has 1 N–H and O–H groups in total. The number of carbonyl (C=O) groups is 1. The van der Waals surface area contributed by atoms with Crippen molar-refractivity contribution in [2.45, 2.75) is 24.0 Å². The summed E-state index contributed by atoms with van der Waals surface area (Å²) in [6, 6.07) is 17.5. The zero-order valence-corrected chi connectivity index (χ0v) is 19.2. The maximum atomic E-state index is 13.3. The zero-order valence-electron chi connectivity index (χ0n) is 18.4. The first-order chi connectivity index (χ1) is 16.0. The molecule has 0 aliphatic carbocycles. The summed E-state index contributed by atoms with van der Waals surface area (Å²) in [6.07, 6.45) is -4.68. The van der Waals surface area contributed by atoms with E-state index in [2.05, 4.69) is 5.32 Å². The van der Waals surface area contributed by atoms with Crippen LogP contribution >= 0.6 is 0 Å². The van der Waals surface area contributed by atoms with Crippen molar-refractivity contribution in [1.29, 1.82) is 0 Å². The molecule has 1 atom stereocenters. The standard InChI is InChI=1S/C24H23F3N2O4S/c1-17(21-13-6-7-14-22(21)33-2)28-23(30)16-29(34(31,32)20-11-4-3-5-12-20)19-10-8-9-18(15-19)24(25,26)27/h3-15,17H,16H2,1-2H3,(H,28,30)/t17-/m1/s1. The molecule has 0 saturated carbocycles. The molecule has 180 valence electrons. The molecule has 0 heterocycles. The topological polar surface area (TPSA) is 75.7 Å². The first kappa shape index (κ1) is 25.1. The summed E-state index contributed by atoms with van der Waals surface area (Å²) in [4.78, 5) is 12.7. The van der Waals surface area contributed by atoms with Gasteiger partial charge in [0, 0.05) is 5.56 Å². The Kier molecular flexibility index (Phi) is 7.51. The second-order valence-corrected chi connectivity index (χ2v) is 9.27. The van der Waals surface area contributed by atoms with Crippen LogP contribution < -0.4 is 14.4 Å². The van der Waals surface area contributed by atoms with E-state index in [-0.39, 0.29) is 10.6 Å². The van der Waals surface area contributed by atoms with Crippen LogP contribution in [-0.4, -0.2) is 28.0 Å². The van der Waals surface area contributed by atoms with Crippen LogP contribution in [0, 0.1) is 0 Å². The molecule has 34 heavy (non-hydrogen) atoms. The van der Waals surface area contributed by atoms with Crippen molar-refractivity contribution in [1.82, 2.24) is 5.32 Å². The number of hydrogen-bond donors (Lipinski definition) is 1. The molecule has 0 radical (unpaired) electrons. The van der Waals surface area contributed by atoms with Crippen LogP contribution in [0.1, 0.15) is 24.1 Å². The average Bonchev–Trinajstić information content (AvgIpc) is 2.82. The second-order valence-electron chi connectivity index (χ2n) is 7.40. The maximum Gasteiger partial charge on any atom is 0.416 e. The number of hydrogen-bond acceptors (Lipinski definition) is 4. The van der Waals surface area contributed by atoms with Gasteiger partial charge in [0.25, 0.3) is 10.0 Å². The van der Waals surface area contributed by atoms with Crippen molar-refractivity contribution in [2.75, 3.05) is 18.0 Å². The van der Waals surface area contributed by atoms with Crippen LogP contribution in [0.3, 0.4) is 0 Å². The summed E-state index contributed by atoms with van der Waals surface area (Å²) in [5, 5.41) is 2.69. The van der Waals surface area contributed by atoms with Gasteiger partial charge in [0.1, 0.15) is 12.3 Å². The number of sulfonamides is 1. The van der Waals surface area contributed by atoms with E-state index in [1.54, 1.807) is 37.3 Å². The largest absolute Gasteiger partial charge is 0.496 e. The number of para-hydroxylation sites is 1. The van der Waals surface area contributed by atoms with Crippen LogP contribution in [0.25, 0.3) is 0 Å². The Morgan fingerprint density at radius 1 is 1.00 bits per heavy atom. The van der Waals surface area contributed by atoms with Crippen molar-refractivity contribution >= 4 is 21.6 Å². The predicted octanol–water partition coefficient (Wildman–Crippen LogP) is 4.79. The van der Waals surface area contributed by atoms with E-state index in [1.807, 2.05) is 0 Å². The SMILES string of the molecule is COc1ccccc1[C@@H](C)NC(=O)CN(c1cccc(C(F)(F)F)c1)S(=O)(=O)c1ccccc1. The first-order valence-electron chi connectivity index (χ1n) is 10.2. The quantitative estimate of drug-likeness (QED) is 0.491. The number of amides is 1. The summed E-state index contributed by atoms with van der Waals surface area (Å²) in [5.74, 6) is -0.169. The molecule has 1 amide bonds. The monoisotopic (exact) mass is 492 g/mol. The Morgan fingerprint density at radius 2 is 1.65 bits per heavy atom. The lowest BCUT2D eigenvalue weighted by Gasteiger charge is -2.26. The number of methoxy groups -OCH3 is 1. The van der Waals surface area contributed by atoms with Gasteiger partial charge in [0.05, 0.1) is 29.3 Å². The second kappa shape index (κ2) is 10.2. The van der Waals surface area contributed by atoms with Crippen LogP contribution in [0.5, 0.6) is 5.75 Å². The van der Waals surface area contributed by atoms with Gasteiger partial charge in [-0.25, -0.2) is 8.42 Å². The van der Waals surface area contributed by atoms with Crippen LogP contribution in [0.2, 0.25) is 0 Å². The van der Waals surface area contributed by atoms with Gasteiger partial charge in [-0.3, -0.25) is 9.10 Å². The van der Waals surface area contributed by atoms with E-state index in [0.717, 1.165) is 12.1 Å². The number of anilines is 1. The minimum absolute atomic E-state index is 0.155. The summed E-state index contributed by atoms with van der Waals surface area (Å²) in [5.41, 5.74) is -0.644. The van der Waals surface area contributed by atoms with Crippen LogP contribution in [-0.2, 0) is 21.0 Å². The van der Waals surface area contributed by atoms with Gasteiger partial charge in [-0.05, 0) is 43.3 Å². The molecule has 3 aromatic carbocycles. The lowest BCUT2D eigenvalue weighted by Crippen LogP contribution is -2.41. The highest BCUT2D eigenvalue weighted by Crippen LogP contribution is 2.33. The number of halogens is 3. The predicted molar refractivity (Wildman–Crippen MR) is 122 cm³/mol. The molecule has 0 fully saturated rings. The maximum absolute atomic E-state index is 13.3. The van der Waals surface area contributed by atoms with Crippen molar-refractivity contribution in [3.63, 3.8) is 0 Å². The fraction of sp³-hybridized carbons (Fsp3) is 0.208. The van der Waals surface area contributed by atoms with E-state index < -0.39 is 40.3 Å². The molecule has 0 aliphatic rings. The van der Waals surface area contributed by atoms with Gasteiger partial charge in [0.2, 0.25) is 5.91 Å². The summed E-state index contributed by atoms with van der Waals surface area (Å²) < 4.78 is 72.5. The third-order valence-electron chi connectivity index (χ3n) is 5.06. The molecule has 0 saturated heterocycles. The Labute approximate surface area is 196 Å². The fourth-order valence-corrected chi connectivity index (χ4v) is 4.83. The molecular weight excluding hydrogens is 469 g/mol. The Balaban J connectivity index is 1.96. The van der Waals surface area contributed by atoms with Gasteiger partial charge in [-0.15, -0.1) is 0 Å². The fourth-order valence-electron chi connectivity index (χ4n) is 3.39. The van der Waals surface area contributed by atoms with Crippen molar-refractivity contribution < 1.29 is 31.1 Å². The van der Waals surface area contributed by atoms with Gasteiger partial charge < -0.3 is 10.1 Å². The Hall–Kier alpha value is -3.53. The third-order valence-corrected chi connectivity index (χ3v) is 6.85. The lowest BCUT2D eigenvalue weighted by molar-refractivity contribution is -0.137. The lowest BCUT2D eigenvalue weighted by atomic mass is 10.1. The highest BCUT2D eigenvalue weighted by Gasteiger charge is 2.33. The van der Waals surface area contributed by atoms with Gasteiger partial charge in [-0.1, -0.05) is 42.5 Å². The van der Waals surface area contributed by atoms with E-state index in [9.17, 15) is 26.4 Å². The molecular formula is C24H23F3N2O4S. The third kappa shape index (κ3) is 5.69. The Bertz CT molecular complexity index is 1250. The Morgan fingerprint density at radius 3 is 2.29 bits per heavy atom. The molecule has 0 aromatic heterocycles. The highest BCUT2D eigenvalue weighted by molar-refractivity contribution is 7.92. The van der Waals surface area contributed by atoms with Crippen molar-refractivity contribution in [2.24, 2.45) is 0 Å². The van der Waals surface area contributed by atoms with Crippen LogP contribution in [0.15, 0.2) is 83.8 Å². The average molecular weight is 493 g/mol. The zero-order chi connectivity index (χ0) is 24.9. The molecule has 3 rings (SSSR count). The van der Waals surface area contributed by atoms with Gasteiger partial charge >= 0.3 is 6.18 Å². The number of nitrogens with one attached hydrogen (secondary N) is 1. The van der Waals surface area contributed by atoms with Gasteiger partial charge in [-0.2, -0.15) is 13.2 Å². The van der Waals surface area contributed by atoms with E-state index in [0.29, 0.717) is 21.7 Å². The molecule has 6 nitrogen and oxygen atoms in total. The summed E-state index contributed by atoms with van der Waals surface area (Å²) >= 11 is 0. The normalized spacial score (nSPS) is 12.6. The smallest absolute Gasteiger partial charge is 0.416 e. The van der Waals surface area contributed by atoms with Crippen molar-refractivity contribution in [3.05, 3.63) is 90.0 Å². The molecule has 0 spiro atoms.